The van der Waals surface area contributed by atoms with Crippen LogP contribution in [0.25, 0.3) is 0 Å². The lowest BCUT2D eigenvalue weighted by Gasteiger charge is -2.13. The number of carbonyl (C=O) groups is 2. The molecule has 0 bridgehead atoms. The Morgan fingerprint density at radius 3 is 2.73 bits per heavy atom. The number of rotatable bonds is 6. The molecule has 0 aliphatic heterocycles. The van der Waals surface area contributed by atoms with Crippen LogP contribution in [0.1, 0.15) is 23.2 Å². The van der Waals surface area contributed by atoms with Gasteiger partial charge in [0.1, 0.15) is 6.04 Å². The largest absolute Gasteiger partial charge is 0.383 e. The van der Waals surface area contributed by atoms with Gasteiger partial charge in [0.05, 0.1) is 17.2 Å². The summed E-state index contributed by atoms with van der Waals surface area (Å²) < 4.78 is 4.82. The highest BCUT2D eigenvalue weighted by molar-refractivity contribution is 6.34. The third-order valence-electron chi connectivity index (χ3n) is 3.07. The molecule has 2 rings (SSSR count). The second-order valence-electron chi connectivity index (χ2n) is 4.99. The number of benzene rings is 1. The molecule has 0 saturated heterocycles. The van der Waals surface area contributed by atoms with Crippen molar-refractivity contribution in [1.82, 2.24) is 5.32 Å². The molecule has 1 aliphatic rings. The number of nitrogens with one attached hydrogen (secondary N) is 2. The van der Waals surface area contributed by atoms with E-state index >= 15 is 0 Å². The maximum atomic E-state index is 12.0. The molecule has 1 saturated carbocycles. The van der Waals surface area contributed by atoms with Crippen molar-refractivity contribution in [2.24, 2.45) is 5.73 Å². The molecule has 0 aromatic heterocycles. The highest BCUT2D eigenvalue weighted by Crippen LogP contribution is 2.24. The summed E-state index contributed by atoms with van der Waals surface area (Å²) in [6.07, 6.45) is 1.98. The second kappa shape index (κ2) is 8.33. The predicted octanol–water partition coefficient (Wildman–Crippen LogP) is 1.57. The van der Waals surface area contributed by atoms with Gasteiger partial charge in [-0.05, 0) is 31.0 Å². The summed E-state index contributed by atoms with van der Waals surface area (Å²) in [7, 11) is 1.47. The minimum atomic E-state index is -0.769. The van der Waals surface area contributed by atoms with Crippen LogP contribution in [0.4, 0.5) is 5.69 Å². The average molecular weight is 348 g/mol. The number of amides is 2. The maximum absolute atomic E-state index is 12.0. The van der Waals surface area contributed by atoms with Crippen molar-refractivity contribution in [3.8, 4) is 0 Å². The van der Waals surface area contributed by atoms with Crippen LogP contribution >= 0.6 is 24.0 Å². The monoisotopic (exact) mass is 347 g/mol. The maximum Gasteiger partial charge on any atom is 0.253 e. The van der Waals surface area contributed by atoms with Gasteiger partial charge in [-0.1, -0.05) is 11.6 Å². The van der Waals surface area contributed by atoms with Crippen molar-refractivity contribution in [2.75, 3.05) is 19.0 Å². The van der Waals surface area contributed by atoms with Crippen molar-refractivity contribution >= 4 is 41.5 Å². The summed E-state index contributed by atoms with van der Waals surface area (Å²) in [6.45, 7) is 0.119. The topological polar surface area (TPSA) is 93.4 Å². The highest BCUT2D eigenvalue weighted by atomic mass is 35.5. The van der Waals surface area contributed by atoms with Gasteiger partial charge in [0, 0.05) is 18.8 Å². The minimum absolute atomic E-state index is 0. The van der Waals surface area contributed by atoms with E-state index in [4.69, 9.17) is 22.1 Å². The first-order chi connectivity index (χ1) is 10.0. The molecule has 1 unspecified atom stereocenters. The Hall–Kier alpha value is -1.34. The molecule has 0 radical (unpaired) electrons. The van der Waals surface area contributed by atoms with Crippen LogP contribution in [-0.2, 0) is 9.53 Å². The van der Waals surface area contributed by atoms with E-state index in [0.29, 0.717) is 16.3 Å². The Balaban J connectivity index is 0.00000242. The number of methoxy groups -OCH3 is 1. The Bertz CT molecular complexity index is 550. The zero-order chi connectivity index (χ0) is 15.4. The molecule has 1 aliphatic carbocycles. The van der Waals surface area contributed by atoms with Crippen LogP contribution in [0.2, 0.25) is 5.02 Å². The number of hydrogen-bond donors (Lipinski definition) is 3. The molecule has 1 fully saturated rings. The summed E-state index contributed by atoms with van der Waals surface area (Å²) in [5.41, 5.74) is 6.44. The van der Waals surface area contributed by atoms with Crippen LogP contribution in [0.5, 0.6) is 0 Å². The van der Waals surface area contributed by atoms with Crippen molar-refractivity contribution in [1.29, 1.82) is 0 Å². The Morgan fingerprint density at radius 1 is 1.45 bits per heavy atom. The van der Waals surface area contributed by atoms with E-state index in [1.807, 2.05) is 0 Å². The first-order valence-corrected chi connectivity index (χ1v) is 7.05. The molecule has 8 heteroatoms. The summed E-state index contributed by atoms with van der Waals surface area (Å²) in [5.74, 6) is -0.618. The minimum Gasteiger partial charge on any atom is -0.383 e. The zero-order valence-electron chi connectivity index (χ0n) is 12.1. The van der Waals surface area contributed by atoms with Crippen molar-refractivity contribution in [2.45, 2.75) is 24.9 Å². The van der Waals surface area contributed by atoms with E-state index in [9.17, 15) is 9.59 Å². The van der Waals surface area contributed by atoms with Crippen molar-refractivity contribution < 1.29 is 14.3 Å². The van der Waals surface area contributed by atoms with E-state index < -0.39 is 6.04 Å². The second-order valence-corrected chi connectivity index (χ2v) is 5.40. The van der Waals surface area contributed by atoms with E-state index in [-0.39, 0.29) is 36.9 Å². The Morgan fingerprint density at radius 2 is 2.14 bits per heavy atom. The third kappa shape index (κ3) is 5.14. The van der Waals surface area contributed by atoms with Crippen LogP contribution in [0.3, 0.4) is 0 Å². The molecule has 1 atom stereocenters. The fourth-order valence-corrected chi connectivity index (χ4v) is 1.96. The van der Waals surface area contributed by atoms with E-state index in [1.54, 1.807) is 12.1 Å². The van der Waals surface area contributed by atoms with Gasteiger partial charge in [-0.15, -0.1) is 12.4 Å². The van der Waals surface area contributed by atoms with Gasteiger partial charge < -0.3 is 21.1 Å². The van der Waals surface area contributed by atoms with E-state index in [1.165, 1.54) is 13.2 Å². The van der Waals surface area contributed by atoms with Gasteiger partial charge in [-0.2, -0.15) is 0 Å². The Labute approximate surface area is 140 Å². The Kier molecular flexibility index (Phi) is 7.09. The summed E-state index contributed by atoms with van der Waals surface area (Å²) in [5, 5.41) is 5.83. The first kappa shape index (κ1) is 18.7. The number of carbonyl (C=O) groups excluding carboxylic acids is 2. The predicted molar refractivity (Wildman–Crippen MR) is 87.7 cm³/mol. The quantitative estimate of drug-likeness (QED) is 0.727. The fourth-order valence-electron chi connectivity index (χ4n) is 1.76. The molecule has 1 aromatic carbocycles. The zero-order valence-corrected chi connectivity index (χ0v) is 13.7. The SMILES string of the molecule is COCC(N)C(=O)Nc1ccc(Cl)c(C(=O)NC2CC2)c1.Cl. The lowest BCUT2D eigenvalue weighted by molar-refractivity contribution is -0.118. The standard InChI is InChI=1S/C14H18ClN3O3.ClH/c1-21-7-12(16)14(20)18-9-4-5-11(15)10(6-9)13(19)17-8-2-3-8;/h4-6,8,12H,2-3,7,16H2,1H3,(H,17,19)(H,18,20);1H. The van der Waals surface area contributed by atoms with Crippen LogP contribution in [0, 0.1) is 0 Å². The molecule has 6 nitrogen and oxygen atoms in total. The molecule has 4 N–H and O–H groups in total. The lowest BCUT2D eigenvalue weighted by Crippen LogP contribution is -2.39. The molecule has 1 aromatic rings. The first-order valence-electron chi connectivity index (χ1n) is 6.67. The van der Waals surface area contributed by atoms with Crippen LogP contribution in [0.15, 0.2) is 18.2 Å². The number of hydrogen-bond acceptors (Lipinski definition) is 4. The smallest absolute Gasteiger partial charge is 0.253 e. The molecule has 2 amide bonds. The molecule has 0 heterocycles. The lowest BCUT2D eigenvalue weighted by atomic mass is 10.1. The van der Waals surface area contributed by atoms with Gasteiger partial charge in [0.15, 0.2) is 0 Å². The van der Waals surface area contributed by atoms with Crippen molar-refractivity contribution in [3.63, 3.8) is 0 Å². The van der Waals surface area contributed by atoms with E-state index in [2.05, 4.69) is 10.6 Å². The fraction of sp³-hybridized carbons (Fsp3) is 0.429. The molecule has 122 valence electrons. The molecule has 0 spiro atoms. The summed E-state index contributed by atoms with van der Waals surface area (Å²) in [6, 6.07) is 4.20. The van der Waals surface area contributed by atoms with Gasteiger partial charge in [-0.25, -0.2) is 0 Å². The number of ether oxygens (including phenoxy) is 1. The number of nitrogens with two attached hydrogens (primary N) is 1. The normalized spacial score (nSPS) is 14.7. The van der Waals surface area contributed by atoms with Gasteiger partial charge in [0.25, 0.3) is 5.91 Å². The van der Waals surface area contributed by atoms with Crippen LogP contribution < -0.4 is 16.4 Å². The summed E-state index contributed by atoms with van der Waals surface area (Å²) >= 11 is 6.03. The summed E-state index contributed by atoms with van der Waals surface area (Å²) in [4.78, 5) is 23.8. The third-order valence-corrected chi connectivity index (χ3v) is 3.40. The van der Waals surface area contributed by atoms with Crippen LogP contribution in [-0.4, -0.2) is 37.6 Å². The highest BCUT2D eigenvalue weighted by Gasteiger charge is 2.25. The molecular formula is C14H19Cl2N3O3. The van der Waals surface area contributed by atoms with Gasteiger partial charge >= 0.3 is 0 Å². The van der Waals surface area contributed by atoms with Crippen molar-refractivity contribution in [3.05, 3.63) is 28.8 Å². The molecular weight excluding hydrogens is 329 g/mol. The van der Waals surface area contributed by atoms with E-state index in [0.717, 1.165) is 12.8 Å². The average Bonchev–Trinajstić information content (AvgIpc) is 3.25. The van der Waals surface area contributed by atoms with Gasteiger partial charge in [0.2, 0.25) is 5.91 Å². The number of halogens is 2. The molecule has 22 heavy (non-hydrogen) atoms. The van der Waals surface area contributed by atoms with Gasteiger partial charge in [-0.3, -0.25) is 9.59 Å². The number of anilines is 1.